The summed E-state index contributed by atoms with van der Waals surface area (Å²) in [5.41, 5.74) is 1.71. The summed E-state index contributed by atoms with van der Waals surface area (Å²) in [6.07, 6.45) is 6.88. The number of carbonyl (C=O) groups excluding carboxylic acids is 3. The molecule has 1 aliphatic rings. The van der Waals surface area contributed by atoms with Gasteiger partial charge in [0.25, 0.3) is 5.91 Å². The molecule has 7 heteroatoms. The molecular weight excluding hydrogens is 334 g/mol. The smallest absolute Gasteiger partial charge is 0.313 e. The molecule has 2 heterocycles. The fraction of sp³-hybridized carbons (Fsp3) is 0.526. The van der Waals surface area contributed by atoms with Crippen molar-refractivity contribution < 1.29 is 19.1 Å². The Morgan fingerprint density at radius 1 is 1.23 bits per heavy atom. The van der Waals surface area contributed by atoms with E-state index in [2.05, 4.69) is 21.7 Å². The molecule has 0 spiro atoms. The van der Waals surface area contributed by atoms with Crippen LogP contribution in [0.3, 0.4) is 0 Å². The van der Waals surface area contributed by atoms with Crippen LogP contribution in [-0.4, -0.2) is 35.0 Å². The van der Waals surface area contributed by atoms with Crippen LogP contribution in [0.4, 0.5) is 5.69 Å². The molecule has 0 N–H and O–H groups in total. The molecule has 2 rings (SSSR count). The monoisotopic (exact) mass is 361 g/mol. The lowest BCUT2D eigenvalue weighted by atomic mass is 10.2. The molecule has 0 radical (unpaired) electrons. The van der Waals surface area contributed by atoms with Gasteiger partial charge < -0.3 is 4.74 Å². The Morgan fingerprint density at radius 2 is 2.00 bits per heavy atom. The van der Waals surface area contributed by atoms with Gasteiger partial charge in [-0.2, -0.15) is 10.1 Å². The SMILES string of the molecule is CCCC(=O)CC(=O)OCC.CCCC1=NN(c2cccnc2)C(=O)C1. The fourth-order valence-electron chi connectivity index (χ4n) is 2.33. The summed E-state index contributed by atoms with van der Waals surface area (Å²) >= 11 is 0. The molecule has 26 heavy (non-hydrogen) atoms. The molecule has 0 atom stereocenters. The second kappa shape index (κ2) is 11.9. The zero-order valence-corrected chi connectivity index (χ0v) is 15.7. The molecule has 1 amide bonds. The number of Topliss-reactive ketones (excluding diaryl/α,β-unsaturated/α-hetero) is 1. The van der Waals surface area contributed by atoms with Gasteiger partial charge in [0.05, 0.1) is 24.9 Å². The predicted molar refractivity (Wildman–Crippen MR) is 99.8 cm³/mol. The quantitative estimate of drug-likeness (QED) is 0.523. The Bertz CT molecular complexity index is 613. The number of rotatable bonds is 8. The summed E-state index contributed by atoms with van der Waals surface area (Å²) in [5, 5.41) is 5.73. The van der Waals surface area contributed by atoms with Gasteiger partial charge in [0.1, 0.15) is 12.2 Å². The maximum Gasteiger partial charge on any atom is 0.313 e. The van der Waals surface area contributed by atoms with Gasteiger partial charge in [-0.25, -0.2) is 0 Å². The highest BCUT2D eigenvalue weighted by molar-refractivity contribution is 6.12. The number of anilines is 1. The second-order valence-electron chi connectivity index (χ2n) is 5.78. The molecule has 0 saturated heterocycles. The number of nitrogens with zero attached hydrogens (tertiary/aromatic N) is 3. The largest absolute Gasteiger partial charge is 0.466 e. The molecule has 142 valence electrons. The van der Waals surface area contributed by atoms with Gasteiger partial charge in [0.15, 0.2) is 0 Å². The lowest BCUT2D eigenvalue weighted by molar-refractivity contribution is -0.145. The van der Waals surface area contributed by atoms with Crippen molar-refractivity contribution in [1.29, 1.82) is 0 Å². The molecule has 7 nitrogen and oxygen atoms in total. The number of ether oxygens (including phenoxy) is 1. The van der Waals surface area contributed by atoms with Crippen LogP contribution in [0, 0.1) is 0 Å². The van der Waals surface area contributed by atoms with Crippen LogP contribution in [0.2, 0.25) is 0 Å². The topological polar surface area (TPSA) is 88.9 Å². The van der Waals surface area contributed by atoms with Crippen molar-refractivity contribution in [3.05, 3.63) is 24.5 Å². The van der Waals surface area contributed by atoms with Crippen LogP contribution in [-0.2, 0) is 19.1 Å². The number of hydrazone groups is 1. The summed E-state index contributed by atoms with van der Waals surface area (Å²) in [6, 6.07) is 3.64. The number of ketones is 1. The molecule has 0 saturated carbocycles. The summed E-state index contributed by atoms with van der Waals surface area (Å²) < 4.78 is 4.60. The van der Waals surface area contributed by atoms with E-state index in [4.69, 9.17) is 0 Å². The number of amides is 1. The average Bonchev–Trinajstić information content (AvgIpc) is 2.97. The summed E-state index contributed by atoms with van der Waals surface area (Å²) in [6.45, 7) is 6.06. The molecule has 1 aliphatic heterocycles. The minimum atomic E-state index is -0.411. The lowest BCUT2D eigenvalue weighted by Gasteiger charge is -2.09. The number of aromatic nitrogens is 1. The minimum absolute atomic E-state index is 0.0338. The van der Waals surface area contributed by atoms with E-state index in [0.29, 0.717) is 19.4 Å². The zero-order valence-electron chi connectivity index (χ0n) is 15.7. The highest BCUT2D eigenvalue weighted by Gasteiger charge is 2.24. The number of hydrogen-bond donors (Lipinski definition) is 0. The third-order valence-electron chi connectivity index (χ3n) is 3.44. The van der Waals surface area contributed by atoms with Gasteiger partial charge in [-0.3, -0.25) is 19.4 Å². The highest BCUT2D eigenvalue weighted by Crippen LogP contribution is 2.20. The first-order valence-corrected chi connectivity index (χ1v) is 8.98. The maximum absolute atomic E-state index is 11.6. The maximum atomic E-state index is 11.6. The van der Waals surface area contributed by atoms with Crippen molar-refractivity contribution in [2.45, 2.75) is 59.3 Å². The van der Waals surface area contributed by atoms with E-state index in [0.717, 1.165) is 30.7 Å². The summed E-state index contributed by atoms with van der Waals surface area (Å²) in [5.74, 6) is -0.414. The van der Waals surface area contributed by atoms with E-state index in [-0.39, 0.29) is 18.1 Å². The standard InChI is InChI=1S/C11H13N3O.C8H14O3/c1-2-4-9-7-11(15)14(13-9)10-5-3-6-12-8-10;1-3-5-7(9)6-8(10)11-4-2/h3,5-6,8H,2,4,7H2,1H3;3-6H2,1-2H3. The Morgan fingerprint density at radius 3 is 2.58 bits per heavy atom. The van der Waals surface area contributed by atoms with Gasteiger partial charge in [-0.05, 0) is 31.9 Å². The van der Waals surface area contributed by atoms with E-state index in [1.807, 2.05) is 13.0 Å². The van der Waals surface area contributed by atoms with Crippen molar-refractivity contribution in [3.63, 3.8) is 0 Å². The van der Waals surface area contributed by atoms with Crippen LogP contribution >= 0.6 is 0 Å². The highest BCUT2D eigenvalue weighted by atomic mass is 16.5. The minimum Gasteiger partial charge on any atom is -0.466 e. The Kier molecular flexibility index (Phi) is 9.82. The van der Waals surface area contributed by atoms with Gasteiger partial charge in [0, 0.05) is 18.3 Å². The number of esters is 1. The summed E-state index contributed by atoms with van der Waals surface area (Å²) in [4.78, 5) is 37.1. The molecule has 0 fully saturated rings. The van der Waals surface area contributed by atoms with E-state index in [1.54, 1.807) is 25.4 Å². The first-order valence-electron chi connectivity index (χ1n) is 8.98. The number of hydrogen-bond acceptors (Lipinski definition) is 6. The van der Waals surface area contributed by atoms with Crippen LogP contribution in [0.5, 0.6) is 0 Å². The van der Waals surface area contributed by atoms with E-state index >= 15 is 0 Å². The normalized spacial score (nSPS) is 13.0. The van der Waals surface area contributed by atoms with Crippen LogP contribution in [0.15, 0.2) is 29.6 Å². The van der Waals surface area contributed by atoms with Crippen molar-refractivity contribution in [1.82, 2.24) is 4.98 Å². The third-order valence-corrected chi connectivity index (χ3v) is 3.44. The summed E-state index contributed by atoms with van der Waals surface area (Å²) in [7, 11) is 0. The Hall–Kier alpha value is -2.57. The van der Waals surface area contributed by atoms with Gasteiger partial charge in [-0.15, -0.1) is 0 Å². The molecule has 0 aliphatic carbocycles. The first-order chi connectivity index (χ1) is 12.5. The van der Waals surface area contributed by atoms with E-state index in [1.165, 1.54) is 5.01 Å². The zero-order chi connectivity index (χ0) is 19.4. The molecule has 1 aromatic heterocycles. The van der Waals surface area contributed by atoms with Crippen molar-refractivity contribution in [2.75, 3.05) is 11.6 Å². The lowest BCUT2D eigenvalue weighted by Crippen LogP contribution is -2.19. The molecule has 0 bridgehead atoms. The van der Waals surface area contributed by atoms with Crippen molar-refractivity contribution >= 4 is 29.1 Å². The Labute approximate surface area is 154 Å². The molecular formula is C19H27N3O4. The second-order valence-corrected chi connectivity index (χ2v) is 5.78. The Balaban J connectivity index is 0.000000276. The fourth-order valence-corrected chi connectivity index (χ4v) is 2.33. The van der Waals surface area contributed by atoms with Crippen LogP contribution in [0.1, 0.15) is 59.3 Å². The number of carbonyl (C=O) groups is 3. The van der Waals surface area contributed by atoms with Crippen LogP contribution in [0.25, 0.3) is 0 Å². The molecule has 0 aromatic carbocycles. The van der Waals surface area contributed by atoms with E-state index in [9.17, 15) is 14.4 Å². The third kappa shape index (κ3) is 7.55. The predicted octanol–water partition coefficient (Wildman–Crippen LogP) is 3.28. The molecule has 0 unspecified atom stereocenters. The van der Waals surface area contributed by atoms with Crippen LogP contribution < -0.4 is 5.01 Å². The van der Waals surface area contributed by atoms with Gasteiger partial charge in [-0.1, -0.05) is 20.3 Å². The average molecular weight is 361 g/mol. The first kappa shape index (κ1) is 21.5. The molecule has 1 aromatic rings. The van der Waals surface area contributed by atoms with Crippen molar-refractivity contribution in [3.8, 4) is 0 Å². The van der Waals surface area contributed by atoms with Crippen molar-refractivity contribution in [2.24, 2.45) is 5.10 Å². The van der Waals surface area contributed by atoms with E-state index < -0.39 is 5.97 Å². The van der Waals surface area contributed by atoms with Gasteiger partial charge in [0.2, 0.25) is 0 Å². The number of pyridine rings is 1. The van der Waals surface area contributed by atoms with Gasteiger partial charge >= 0.3 is 5.97 Å².